The first-order valence-corrected chi connectivity index (χ1v) is 6.79. The molecule has 0 radical (unpaired) electrons. The average molecular weight is 245 g/mol. The first-order chi connectivity index (χ1) is 6.56. The molecule has 0 aromatic rings. The largest absolute Gasteiger partial charge is 0.380 e. The summed E-state index contributed by atoms with van der Waals surface area (Å²) in [5, 5.41) is 0. The van der Waals surface area contributed by atoms with Gasteiger partial charge in [0, 0.05) is 12.5 Å². The van der Waals surface area contributed by atoms with Gasteiger partial charge >= 0.3 is 0 Å². The molecular formula is C8H17ClO4S. The molecule has 0 saturated carbocycles. The van der Waals surface area contributed by atoms with Crippen molar-refractivity contribution >= 4 is 21.7 Å². The molecule has 0 spiro atoms. The molecule has 0 aliphatic carbocycles. The van der Waals surface area contributed by atoms with Crippen LogP contribution in [0.5, 0.6) is 0 Å². The lowest BCUT2D eigenvalue weighted by Gasteiger charge is -2.02. The number of alkyl halides is 1. The number of hydrogen-bond donors (Lipinski definition) is 1. The zero-order chi connectivity index (χ0) is 10.9. The molecule has 0 amide bonds. The fraction of sp³-hybridized carbons (Fsp3) is 1.00. The summed E-state index contributed by atoms with van der Waals surface area (Å²) in [6, 6.07) is 0. The van der Waals surface area contributed by atoms with Gasteiger partial charge in [-0.15, -0.1) is 11.6 Å². The first-order valence-electron chi connectivity index (χ1n) is 4.65. The van der Waals surface area contributed by atoms with Crippen molar-refractivity contribution in [1.29, 1.82) is 0 Å². The summed E-state index contributed by atoms with van der Waals surface area (Å²) in [7, 11) is -3.87. The highest BCUT2D eigenvalue weighted by atomic mass is 35.5. The highest BCUT2D eigenvalue weighted by molar-refractivity contribution is 7.85. The minimum Gasteiger partial charge on any atom is -0.380 e. The van der Waals surface area contributed by atoms with Crippen molar-refractivity contribution in [3.63, 3.8) is 0 Å². The summed E-state index contributed by atoms with van der Waals surface area (Å²) < 4.78 is 33.9. The van der Waals surface area contributed by atoms with E-state index in [9.17, 15) is 8.42 Å². The molecule has 0 fully saturated rings. The Kier molecular flexibility index (Phi) is 8.56. The van der Waals surface area contributed by atoms with Crippen LogP contribution in [0.2, 0.25) is 0 Å². The first kappa shape index (κ1) is 14.2. The minimum atomic E-state index is -3.87. The molecule has 1 N–H and O–H groups in total. The summed E-state index contributed by atoms with van der Waals surface area (Å²) in [5.74, 6) is 0.359. The topological polar surface area (TPSA) is 63.6 Å². The zero-order valence-electron chi connectivity index (χ0n) is 8.12. The maximum atomic E-state index is 10.3. The molecule has 0 aliphatic heterocycles. The van der Waals surface area contributed by atoms with E-state index in [0.29, 0.717) is 12.5 Å². The van der Waals surface area contributed by atoms with Gasteiger partial charge in [0.05, 0.1) is 12.4 Å². The van der Waals surface area contributed by atoms with Gasteiger partial charge in [0.15, 0.2) is 0 Å². The highest BCUT2D eigenvalue weighted by Gasteiger charge is 2.02. The van der Waals surface area contributed by atoms with E-state index in [1.165, 1.54) is 0 Å². The SMILES string of the molecule is O=S(=O)(O)CCOCCCCCCCl. The Morgan fingerprint density at radius 2 is 1.71 bits per heavy atom. The van der Waals surface area contributed by atoms with Gasteiger partial charge in [-0.3, -0.25) is 4.55 Å². The lowest BCUT2D eigenvalue weighted by molar-refractivity contribution is 0.143. The van der Waals surface area contributed by atoms with Crippen LogP contribution in [0.1, 0.15) is 25.7 Å². The van der Waals surface area contributed by atoms with Crippen LogP contribution in [0, 0.1) is 0 Å². The molecule has 0 unspecified atom stereocenters. The van der Waals surface area contributed by atoms with Crippen LogP contribution in [0.25, 0.3) is 0 Å². The number of hydrogen-bond acceptors (Lipinski definition) is 3. The van der Waals surface area contributed by atoms with E-state index in [4.69, 9.17) is 20.9 Å². The summed E-state index contributed by atoms with van der Waals surface area (Å²) in [4.78, 5) is 0. The Bertz CT molecular complexity index is 215. The third-order valence-electron chi connectivity index (χ3n) is 1.66. The Labute approximate surface area is 90.3 Å². The van der Waals surface area contributed by atoms with Crippen LogP contribution < -0.4 is 0 Å². The van der Waals surface area contributed by atoms with Gasteiger partial charge in [-0.25, -0.2) is 0 Å². The minimum absolute atomic E-state index is 0.0638. The lowest BCUT2D eigenvalue weighted by atomic mass is 10.2. The van der Waals surface area contributed by atoms with Gasteiger partial charge in [0.1, 0.15) is 0 Å². The van der Waals surface area contributed by atoms with E-state index in [-0.39, 0.29) is 12.4 Å². The standard InChI is InChI=1S/C8H17ClO4S/c9-5-3-1-2-4-6-13-7-8-14(10,11)12/h1-8H2,(H,10,11,12). The molecule has 0 atom stereocenters. The van der Waals surface area contributed by atoms with Crippen molar-refractivity contribution in [2.45, 2.75) is 25.7 Å². The molecule has 0 heterocycles. The summed E-state index contributed by atoms with van der Waals surface area (Å²) in [6.07, 6.45) is 4.03. The number of unbranched alkanes of at least 4 members (excludes halogenated alkanes) is 3. The van der Waals surface area contributed by atoms with Gasteiger partial charge < -0.3 is 4.74 Å². The van der Waals surface area contributed by atoms with Gasteiger partial charge in [0.2, 0.25) is 0 Å². The number of rotatable bonds is 9. The Balaban J connectivity index is 3.07. The fourth-order valence-electron chi connectivity index (χ4n) is 0.918. The van der Waals surface area contributed by atoms with Gasteiger partial charge in [-0.2, -0.15) is 8.42 Å². The Morgan fingerprint density at radius 3 is 2.29 bits per heavy atom. The average Bonchev–Trinajstić information content (AvgIpc) is 2.08. The molecule has 4 nitrogen and oxygen atoms in total. The second-order valence-electron chi connectivity index (χ2n) is 3.00. The van der Waals surface area contributed by atoms with Crippen molar-refractivity contribution in [2.24, 2.45) is 0 Å². The number of halogens is 1. The summed E-state index contributed by atoms with van der Waals surface area (Å²) >= 11 is 5.49. The van der Waals surface area contributed by atoms with Gasteiger partial charge in [-0.1, -0.05) is 12.8 Å². The lowest BCUT2D eigenvalue weighted by Crippen LogP contribution is -2.11. The third kappa shape index (κ3) is 12.2. The van der Waals surface area contributed by atoms with E-state index in [1.54, 1.807) is 0 Å². The van der Waals surface area contributed by atoms with E-state index in [1.807, 2.05) is 0 Å². The second kappa shape index (κ2) is 8.47. The molecule has 86 valence electrons. The molecular weight excluding hydrogens is 228 g/mol. The summed E-state index contributed by atoms with van der Waals surface area (Å²) in [6.45, 7) is 0.603. The molecule has 6 heteroatoms. The van der Waals surface area contributed by atoms with Crippen LogP contribution in [-0.2, 0) is 14.9 Å². The van der Waals surface area contributed by atoms with Crippen molar-refractivity contribution in [1.82, 2.24) is 0 Å². The Hall–Kier alpha value is 0.160. The Morgan fingerprint density at radius 1 is 1.07 bits per heavy atom. The fourth-order valence-corrected chi connectivity index (χ4v) is 1.44. The zero-order valence-corrected chi connectivity index (χ0v) is 9.69. The maximum Gasteiger partial charge on any atom is 0.267 e. The van der Waals surface area contributed by atoms with Crippen molar-refractivity contribution in [2.75, 3.05) is 24.8 Å². The molecule has 0 rings (SSSR count). The van der Waals surface area contributed by atoms with E-state index in [0.717, 1.165) is 25.7 Å². The van der Waals surface area contributed by atoms with Crippen molar-refractivity contribution in [3.8, 4) is 0 Å². The molecule has 0 aliphatic rings. The third-order valence-corrected chi connectivity index (χ3v) is 2.61. The van der Waals surface area contributed by atoms with Gasteiger partial charge in [0.25, 0.3) is 10.1 Å². The quantitative estimate of drug-likeness (QED) is 0.381. The molecule has 0 bridgehead atoms. The van der Waals surface area contributed by atoms with Gasteiger partial charge in [-0.05, 0) is 12.8 Å². The van der Waals surface area contributed by atoms with Crippen LogP contribution in [0.15, 0.2) is 0 Å². The number of ether oxygens (including phenoxy) is 1. The molecule has 0 saturated heterocycles. The van der Waals surface area contributed by atoms with E-state index >= 15 is 0 Å². The highest BCUT2D eigenvalue weighted by Crippen LogP contribution is 2.01. The monoisotopic (exact) mass is 244 g/mol. The van der Waals surface area contributed by atoms with E-state index < -0.39 is 10.1 Å². The predicted molar refractivity (Wildman–Crippen MR) is 56.4 cm³/mol. The van der Waals surface area contributed by atoms with Crippen LogP contribution in [0.4, 0.5) is 0 Å². The smallest absolute Gasteiger partial charge is 0.267 e. The molecule has 0 aromatic heterocycles. The molecule has 14 heavy (non-hydrogen) atoms. The second-order valence-corrected chi connectivity index (χ2v) is 4.95. The van der Waals surface area contributed by atoms with Crippen molar-refractivity contribution < 1.29 is 17.7 Å². The maximum absolute atomic E-state index is 10.3. The van der Waals surface area contributed by atoms with Crippen LogP contribution >= 0.6 is 11.6 Å². The predicted octanol–water partition coefficient (Wildman–Crippen LogP) is 1.69. The van der Waals surface area contributed by atoms with Crippen molar-refractivity contribution in [3.05, 3.63) is 0 Å². The normalized spacial score (nSPS) is 11.9. The van der Waals surface area contributed by atoms with Crippen LogP contribution in [-0.4, -0.2) is 37.8 Å². The summed E-state index contributed by atoms with van der Waals surface area (Å²) in [5.41, 5.74) is 0. The molecule has 0 aromatic carbocycles. The van der Waals surface area contributed by atoms with E-state index in [2.05, 4.69) is 0 Å². The van der Waals surface area contributed by atoms with Crippen LogP contribution in [0.3, 0.4) is 0 Å².